The van der Waals surface area contributed by atoms with Gasteiger partial charge in [0.15, 0.2) is 0 Å². The van der Waals surface area contributed by atoms with Gasteiger partial charge < -0.3 is 19.7 Å². The quantitative estimate of drug-likeness (QED) is 0.620. The van der Waals surface area contributed by atoms with Crippen molar-refractivity contribution in [1.29, 1.82) is 0 Å². The zero-order chi connectivity index (χ0) is 21.1. The van der Waals surface area contributed by atoms with Crippen molar-refractivity contribution in [3.05, 3.63) is 65.9 Å². The molecule has 4 rings (SSSR count). The Bertz CT molecular complexity index is 996. The predicted octanol–water partition coefficient (Wildman–Crippen LogP) is 4.76. The summed E-state index contributed by atoms with van der Waals surface area (Å²) in [5.74, 6) is 1.30. The minimum absolute atomic E-state index is 0.0414. The normalized spacial score (nSPS) is 15.5. The minimum Gasteiger partial charge on any atom is -0.489 e. The molecule has 3 aromatic rings. The van der Waals surface area contributed by atoms with Crippen molar-refractivity contribution in [2.75, 3.05) is 13.1 Å². The van der Waals surface area contributed by atoms with Gasteiger partial charge in [0.25, 0.3) is 5.91 Å². The molecule has 0 bridgehead atoms. The minimum atomic E-state index is -0.645. The highest BCUT2D eigenvalue weighted by Crippen LogP contribution is 2.28. The van der Waals surface area contributed by atoms with Crippen molar-refractivity contribution in [1.82, 2.24) is 9.88 Å². The van der Waals surface area contributed by atoms with Crippen molar-refractivity contribution < 1.29 is 14.6 Å². The number of likely N-dealkylation sites (tertiary alicyclic amines) is 1. The molecular formula is C25H30N2O3. The zero-order valence-electron chi connectivity index (χ0n) is 17.7. The second-order valence-electron chi connectivity index (χ2n) is 8.96. The average molecular weight is 407 g/mol. The van der Waals surface area contributed by atoms with Gasteiger partial charge in [-0.3, -0.25) is 4.79 Å². The SMILES string of the molecule is CC(C)(O)CC1CCN(C(=O)c2cc3cc(OCc4ccccc4)ccc3[nH]2)CC1. The van der Waals surface area contributed by atoms with Gasteiger partial charge in [0.05, 0.1) is 5.60 Å². The standard InChI is InChI=1S/C25H30N2O3/c1-25(2,29)16-18-10-12-27(13-11-18)24(28)23-15-20-14-21(8-9-22(20)26-23)30-17-19-6-4-3-5-7-19/h3-9,14-15,18,26,29H,10-13,16-17H2,1-2H3. The van der Waals surface area contributed by atoms with Crippen LogP contribution in [0.5, 0.6) is 5.75 Å². The molecule has 158 valence electrons. The number of fused-ring (bicyclic) bond motifs is 1. The molecule has 1 amide bonds. The lowest BCUT2D eigenvalue weighted by atomic mass is 9.86. The van der Waals surface area contributed by atoms with Crippen molar-refractivity contribution in [2.45, 2.75) is 45.3 Å². The number of aromatic nitrogens is 1. The summed E-state index contributed by atoms with van der Waals surface area (Å²) in [5.41, 5.74) is 2.03. The molecule has 1 aliphatic rings. The highest BCUT2D eigenvalue weighted by Gasteiger charge is 2.28. The van der Waals surface area contributed by atoms with Gasteiger partial charge in [0.1, 0.15) is 18.1 Å². The molecule has 0 radical (unpaired) electrons. The lowest BCUT2D eigenvalue weighted by molar-refractivity contribution is 0.0357. The molecule has 1 aromatic heterocycles. The number of carbonyl (C=O) groups is 1. The van der Waals surface area contributed by atoms with Crippen molar-refractivity contribution in [2.24, 2.45) is 5.92 Å². The first-order valence-electron chi connectivity index (χ1n) is 10.7. The zero-order valence-corrected chi connectivity index (χ0v) is 17.7. The van der Waals surface area contributed by atoms with Gasteiger partial charge in [-0.05, 0) is 68.9 Å². The summed E-state index contributed by atoms with van der Waals surface area (Å²) in [6.07, 6.45) is 2.66. The number of benzene rings is 2. The molecule has 2 N–H and O–H groups in total. The number of aliphatic hydroxyl groups is 1. The van der Waals surface area contributed by atoms with Crippen LogP contribution in [0.4, 0.5) is 0 Å². The molecule has 2 aromatic carbocycles. The van der Waals surface area contributed by atoms with E-state index in [2.05, 4.69) is 4.98 Å². The molecule has 1 aliphatic heterocycles. The number of rotatable bonds is 6. The third-order valence-electron chi connectivity index (χ3n) is 5.76. The first kappa shape index (κ1) is 20.5. The summed E-state index contributed by atoms with van der Waals surface area (Å²) in [5, 5.41) is 11.0. The van der Waals surface area contributed by atoms with E-state index in [1.807, 2.05) is 73.3 Å². The number of piperidine rings is 1. The van der Waals surface area contributed by atoms with E-state index in [0.717, 1.165) is 54.6 Å². The number of hydrogen-bond acceptors (Lipinski definition) is 3. The Labute approximate surface area is 177 Å². The fraction of sp³-hybridized carbons (Fsp3) is 0.400. The van der Waals surface area contributed by atoms with Crippen LogP contribution in [0.2, 0.25) is 0 Å². The van der Waals surface area contributed by atoms with E-state index in [1.165, 1.54) is 0 Å². The van der Waals surface area contributed by atoms with E-state index < -0.39 is 5.60 Å². The van der Waals surface area contributed by atoms with Gasteiger partial charge in [-0.1, -0.05) is 30.3 Å². The topological polar surface area (TPSA) is 65.6 Å². The Hall–Kier alpha value is -2.79. The second kappa shape index (κ2) is 8.52. The van der Waals surface area contributed by atoms with Gasteiger partial charge in [0, 0.05) is 24.0 Å². The van der Waals surface area contributed by atoms with Gasteiger partial charge in [-0.25, -0.2) is 0 Å². The van der Waals surface area contributed by atoms with Gasteiger partial charge in [0.2, 0.25) is 0 Å². The van der Waals surface area contributed by atoms with E-state index in [0.29, 0.717) is 18.2 Å². The Balaban J connectivity index is 1.39. The van der Waals surface area contributed by atoms with E-state index in [1.54, 1.807) is 0 Å². The van der Waals surface area contributed by atoms with Crippen molar-refractivity contribution in [3.63, 3.8) is 0 Å². The molecular weight excluding hydrogens is 376 g/mol. The summed E-state index contributed by atoms with van der Waals surface area (Å²) < 4.78 is 5.91. The first-order valence-corrected chi connectivity index (χ1v) is 10.7. The monoisotopic (exact) mass is 406 g/mol. The number of H-pyrrole nitrogens is 1. The van der Waals surface area contributed by atoms with E-state index in [4.69, 9.17) is 4.74 Å². The fourth-order valence-corrected chi connectivity index (χ4v) is 4.27. The van der Waals surface area contributed by atoms with Gasteiger partial charge in [-0.2, -0.15) is 0 Å². The first-order chi connectivity index (χ1) is 14.4. The van der Waals surface area contributed by atoms with Crippen LogP contribution < -0.4 is 4.74 Å². The van der Waals surface area contributed by atoms with Crippen LogP contribution >= 0.6 is 0 Å². The molecule has 0 atom stereocenters. The maximum atomic E-state index is 13.0. The summed E-state index contributed by atoms with van der Waals surface area (Å²) in [7, 11) is 0. The van der Waals surface area contributed by atoms with Crippen LogP contribution in [0, 0.1) is 5.92 Å². The molecule has 1 fully saturated rings. The Morgan fingerprint density at radius 2 is 1.87 bits per heavy atom. The van der Waals surface area contributed by atoms with Crippen molar-refractivity contribution in [3.8, 4) is 5.75 Å². The Morgan fingerprint density at radius 3 is 2.57 bits per heavy atom. The van der Waals surface area contributed by atoms with Gasteiger partial charge >= 0.3 is 0 Å². The predicted molar refractivity (Wildman–Crippen MR) is 119 cm³/mol. The molecule has 0 aliphatic carbocycles. The van der Waals surface area contributed by atoms with Gasteiger partial charge in [-0.15, -0.1) is 0 Å². The van der Waals surface area contributed by atoms with E-state index in [-0.39, 0.29) is 5.91 Å². The molecule has 0 saturated carbocycles. The molecule has 30 heavy (non-hydrogen) atoms. The average Bonchev–Trinajstić information content (AvgIpc) is 3.15. The number of ether oxygens (including phenoxy) is 1. The number of hydrogen-bond donors (Lipinski definition) is 2. The summed E-state index contributed by atoms with van der Waals surface area (Å²) in [6, 6.07) is 17.8. The number of amides is 1. The summed E-state index contributed by atoms with van der Waals surface area (Å²) >= 11 is 0. The fourth-order valence-electron chi connectivity index (χ4n) is 4.27. The number of nitrogens with zero attached hydrogens (tertiary/aromatic N) is 1. The molecule has 2 heterocycles. The van der Waals surface area contributed by atoms with Crippen LogP contribution in [0.25, 0.3) is 10.9 Å². The molecule has 0 spiro atoms. The highest BCUT2D eigenvalue weighted by molar-refractivity contribution is 5.98. The third-order valence-corrected chi connectivity index (χ3v) is 5.76. The molecule has 5 nitrogen and oxygen atoms in total. The maximum Gasteiger partial charge on any atom is 0.270 e. The van der Waals surface area contributed by atoms with E-state index >= 15 is 0 Å². The Morgan fingerprint density at radius 1 is 1.13 bits per heavy atom. The van der Waals surface area contributed by atoms with Crippen LogP contribution in [-0.4, -0.2) is 39.6 Å². The second-order valence-corrected chi connectivity index (χ2v) is 8.96. The van der Waals surface area contributed by atoms with Crippen LogP contribution in [0.15, 0.2) is 54.6 Å². The number of carbonyl (C=O) groups excluding carboxylic acids is 1. The maximum absolute atomic E-state index is 13.0. The summed E-state index contributed by atoms with van der Waals surface area (Å²) in [6.45, 7) is 5.70. The number of nitrogens with one attached hydrogen (secondary N) is 1. The third kappa shape index (κ3) is 5.03. The lowest BCUT2D eigenvalue weighted by Gasteiger charge is -2.34. The smallest absolute Gasteiger partial charge is 0.270 e. The molecule has 1 saturated heterocycles. The van der Waals surface area contributed by atoms with Crippen LogP contribution in [0.1, 0.15) is 49.2 Å². The lowest BCUT2D eigenvalue weighted by Crippen LogP contribution is -2.40. The summed E-state index contributed by atoms with van der Waals surface area (Å²) in [4.78, 5) is 18.1. The van der Waals surface area contributed by atoms with Crippen LogP contribution in [-0.2, 0) is 6.61 Å². The number of aromatic amines is 1. The highest BCUT2D eigenvalue weighted by atomic mass is 16.5. The molecule has 0 unspecified atom stereocenters. The largest absolute Gasteiger partial charge is 0.489 e. The Kier molecular flexibility index (Phi) is 5.82. The van der Waals surface area contributed by atoms with Crippen molar-refractivity contribution >= 4 is 16.8 Å². The van der Waals surface area contributed by atoms with E-state index in [9.17, 15) is 9.90 Å². The molecule has 5 heteroatoms. The van der Waals surface area contributed by atoms with Crippen LogP contribution in [0.3, 0.4) is 0 Å².